The third kappa shape index (κ3) is 10.2. The molecule has 0 atom stereocenters. The molecule has 2 nitrogen and oxygen atoms in total. The Labute approximate surface area is 95.5 Å². The van der Waals surface area contributed by atoms with Crippen molar-refractivity contribution in [1.29, 1.82) is 0 Å². The molecule has 0 rings (SSSR count). The molecule has 0 saturated heterocycles. The summed E-state index contributed by atoms with van der Waals surface area (Å²) in [6.07, 6.45) is 2.38. The van der Waals surface area contributed by atoms with Gasteiger partial charge in [0.05, 0.1) is 5.60 Å². The number of hydrogen-bond donors (Lipinski definition) is 2. The Kier molecular flexibility index (Phi) is 6.46. The molecule has 0 fully saturated rings. The first kappa shape index (κ1) is 14.9. The Morgan fingerprint density at radius 3 is 1.67 bits per heavy atom. The summed E-state index contributed by atoms with van der Waals surface area (Å²) in [5.41, 5.74) is -0.605. The van der Waals surface area contributed by atoms with Gasteiger partial charge in [0.25, 0.3) is 0 Å². The van der Waals surface area contributed by atoms with Gasteiger partial charge < -0.3 is 10.4 Å². The standard InChI is InChI=1S/C13H29NO/c1-10(2)7-12(8-11(3)4)14-9-13(5,6)15/h10-12,14-15H,7-9H2,1-6H3. The molecule has 0 saturated carbocycles. The topological polar surface area (TPSA) is 32.3 Å². The predicted octanol–water partition coefficient (Wildman–Crippen LogP) is 2.81. The molecule has 2 N–H and O–H groups in total. The Bertz CT molecular complexity index is 148. The van der Waals surface area contributed by atoms with Gasteiger partial charge in [0, 0.05) is 12.6 Å². The lowest BCUT2D eigenvalue weighted by Crippen LogP contribution is -2.41. The highest BCUT2D eigenvalue weighted by atomic mass is 16.3. The van der Waals surface area contributed by atoms with Crippen molar-refractivity contribution in [2.75, 3.05) is 6.54 Å². The molecule has 0 aromatic carbocycles. The first-order chi connectivity index (χ1) is 6.70. The van der Waals surface area contributed by atoms with Crippen molar-refractivity contribution in [2.45, 2.75) is 66.0 Å². The smallest absolute Gasteiger partial charge is 0.0715 e. The summed E-state index contributed by atoms with van der Waals surface area (Å²) in [5, 5.41) is 13.1. The lowest BCUT2D eigenvalue weighted by molar-refractivity contribution is 0.0743. The molecule has 0 unspecified atom stereocenters. The summed E-state index contributed by atoms with van der Waals surface area (Å²) in [5.74, 6) is 1.42. The largest absolute Gasteiger partial charge is 0.389 e. The zero-order valence-corrected chi connectivity index (χ0v) is 11.3. The van der Waals surface area contributed by atoms with Crippen LogP contribution < -0.4 is 5.32 Å². The first-order valence-corrected chi connectivity index (χ1v) is 6.16. The van der Waals surface area contributed by atoms with Crippen LogP contribution in [0.2, 0.25) is 0 Å². The number of hydrogen-bond acceptors (Lipinski definition) is 2. The molecule has 2 heteroatoms. The summed E-state index contributed by atoms with van der Waals surface area (Å²) >= 11 is 0. The van der Waals surface area contributed by atoms with Gasteiger partial charge in [-0.15, -0.1) is 0 Å². The summed E-state index contributed by atoms with van der Waals surface area (Å²) in [6.45, 7) is 13.4. The summed E-state index contributed by atoms with van der Waals surface area (Å²) in [6, 6.07) is 0.538. The second-order valence-electron chi connectivity index (χ2n) is 6.15. The molecule has 0 amide bonds. The van der Waals surface area contributed by atoms with E-state index in [9.17, 15) is 5.11 Å². The van der Waals surface area contributed by atoms with Crippen LogP contribution >= 0.6 is 0 Å². The lowest BCUT2D eigenvalue weighted by Gasteiger charge is -2.26. The molecular formula is C13H29NO. The van der Waals surface area contributed by atoms with Crippen LogP contribution in [-0.2, 0) is 0 Å². The van der Waals surface area contributed by atoms with Gasteiger partial charge in [-0.25, -0.2) is 0 Å². The Balaban J connectivity index is 4.01. The van der Waals surface area contributed by atoms with Crippen molar-refractivity contribution in [2.24, 2.45) is 11.8 Å². The van der Waals surface area contributed by atoms with Crippen LogP contribution in [0.5, 0.6) is 0 Å². The second kappa shape index (κ2) is 6.49. The van der Waals surface area contributed by atoms with Crippen LogP contribution in [-0.4, -0.2) is 23.3 Å². The van der Waals surface area contributed by atoms with E-state index in [1.165, 1.54) is 12.8 Å². The van der Waals surface area contributed by atoms with Crippen LogP contribution in [0.25, 0.3) is 0 Å². The number of rotatable bonds is 7. The van der Waals surface area contributed by atoms with Gasteiger partial charge in [-0.2, -0.15) is 0 Å². The molecule has 15 heavy (non-hydrogen) atoms. The maximum Gasteiger partial charge on any atom is 0.0715 e. The fraction of sp³-hybridized carbons (Fsp3) is 1.00. The number of nitrogens with one attached hydrogen (secondary N) is 1. The maximum absolute atomic E-state index is 9.67. The van der Waals surface area contributed by atoms with Gasteiger partial charge in [-0.05, 0) is 38.5 Å². The summed E-state index contributed by atoms with van der Waals surface area (Å²) in [4.78, 5) is 0. The molecule has 0 aliphatic heterocycles. The van der Waals surface area contributed by atoms with Gasteiger partial charge in [-0.3, -0.25) is 0 Å². The van der Waals surface area contributed by atoms with E-state index in [0.717, 1.165) is 0 Å². The molecular weight excluding hydrogens is 186 g/mol. The van der Waals surface area contributed by atoms with Gasteiger partial charge in [0.2, 0.25) is 0 Å². The van der Waals surface area contributed by atoms with Crippen molar-refractivity contribution < 1.29 is 5.11 Å². The molecule has 0 heterocycles. The van der Waals surface area contributed by atoms with E-state index in [0.29, 0.717) is 24.4 Å². The second-order valence-corrected chi connectivity index (χ2v) is 6.15. The van der Waals surface area contributed by atoms with Crippen molar-refractivity contribution in [3.8, 4) is 0 Å². The SMILES string of the molecule is CC(C)CC(CC(C)C)NCC(C)(C)O. The third-order valence-corrected chi connectivity index (χ3v) is 2.34. The Hall–Kier alpha value is -0.0800. The monoisotopic (exact) mass is 215 g/mol. The molecule has 0 bridgehead atoms. The van der Waals surface area contributed by atoms with E-state index in [-0.39, 0.29) is 0 Å². The van der Waals surface area contributed by atoms with E-state index >= 15 is 0 Å². The van der Waals surface area contributed by atoms with Crippen molar-refractivity contribution in [3.63, 3.8) is 0 Å². The van der Waals surface area contributed by atoms with Gasteiger partial charge in [0.1, 0.15) is 0 Å². The van der Waals surface area contributed by atoms with Crippen molar-refractivity contribution in [1.82, 2.24) is 5.32 Å². The molecule has 0 spiro atoms. The lowest BCUT2D eigenvalue weighted by atomic mass is 9.95. The van der Waals surface area contributed by atoms with Gasteiger partial charge >= 0.3 is 0 Å². The quantitative estimate of drug-likeness (QED) is 0.684. The fourth-order valence-electron chi connectivity index (χ4n) is 1.80. The van der Waals surface area contributed by atoms with E-state index in [1.54, 1.807) is 0 Å². The van der Waals surface area contributed by atoms with Crippen LogP contribution in [0.1, 0.15) is 54.4 Å². The fourth-order valence-corrected chi connectivity index (χ4v) is 1.80. The van der Waals surface area contributed by atoms with Crippen LogP contribution in [0.4, 0.5) is 0 Å². The summed E-state index contributed by atoms with van der Waals surface area (Å²) < 4.78 is 0. The molecule has 0 aromatic heterocycles. The Morgan fingerprint density at radius 2 is 1.40 bits per heavy atom. The van der Waals surface area contributed by atoms with Crippen LogP contribution in [0.15, 0.2) is 0 Å². The van der Waals surface area contributed by atoms with Crippen LogP contribution in [0.3, 0.4) is 0 Å². The normalized spacial score (nSPS) is 13.2. The molecule has 92 valence electrons. The minimum Gasteiger partial charge on any atom is -0.389 e. The Morgan fingerprint density at radius 1 is 1.00 bits per heavy atom. The van der Waals surface area contributed by atoms with E-state index < -0.39 is 5.60 Å². The zero-order valence-electron chi connectivity index (χ0n) is 11.3. The van der Waals surface area contributed by atoms with E-state index in [1.807, 2.05) is 13.8 Å². The van der Waals surface area contributed by atoms with Gasteiger partial charge in [0.15, 0.2) is 0 Å². The minimum absolute atomic E-state index is 0.538. The minimum atomic E-state index is -0.605. The van der Waals surface area contributed by atoms with E-state index in [2.05, 4.69) is 33.0 Å². The summed E-state index contributed by atoms with van der Waals surface area (Å²) in [7, 11) is 0. The first-order valence-electron chi connectivity index (χ1n) is 6.16. The average molecular weight is 215 g/mol. The van der Waals surface area contributed by atoms with E-state index in [4.69, 9.17) is 0 Å². The van der Waals surface area contributed by atoms with Crippen molar-refractivity contribution in [3.05, 3.63) is 0 Å². The highest BCUT2D eigenvalue weighted by Gasteiger charge is 2.17. The predicted molar refractivity (Wildman–Crippen MR) is 67.0 cm³/mol. The average Bonchev–Trinajstić information content (AvgIpc) is 1.96. The highest BCUT2D eigenvalue weighted by Crippen LogP contribution is 2.14. The van der Waals surface area contributed by atoms with Gasteiger partial charge in [-0.1, -0.05) is 27.7 Å². The zero-order chi connectivity index (χ0) is 12.1. The highest BCUT2D eigenvalue weighted by molar-refractivity contribution is 4.76. The molecule has 0 aliphatic rings. The maximum atomic E-state index is 9.67. The molecule has 0 aliphatic carbocycles. The number of aliphatic hydroxyl groups is 1. The van der Waals surface area contributed by atoms with Crippen molar-refractivity contribution >= 4 is 0 Å². The third-order valence-electron chi connectivity index (χ3n) is 2.34. The molecule has 0 aromatic rings. The molecule has 0 radical (unpaired) electrons. The van der Waals surface area contributed by atoms with Crippen LogP contribution in [0, 0.1) is 11.8 Å².